The summed E-state index contributed by atoms with van der Waals surface area (Å²) >= 11 is 0. The first-order valence-electron chi connectivity index (χ1n) is 36.9. The van der Waals surface area contributed by atoms with Gasteiger partial charge < -0.3 is 28.1 Å². The number of hydrogen-bond donors (Lipinski definition) is 0. The summed E-state index contributed by atoms with van der Waals surface area (Å²) in [6.07, 6.45) is 0. The SMILES string of the molecule is CC(C)(C)c1ccc(N2c3cc(-n4c5ccccc5c5ccccc54)ccc3B3c4ccc(-n5c6ccccc6c6ccccc65)cc4N(c4ccc(C(C)(C)C)cc4-c4ccccc4-n4c5ccccc5c5ccccc54)c4cccc2c43)c(-c2ccccc2-n2c3ccccc3c3ccccc32)c1. The van der Waals surface area contributed by atoms with E-state index in [9.17, 15) is 0 Å². The van der Waals surface area contributed by atoms with Gasteiger partial charge in [0.2, 0.25) is 0 Å². The van der Waals surface area contributed by atoms with Crippen LogP contribution in [0.25, 0.3) is 132 Å². The summed E-state index contributed by atoms with van der Waals surface area (Å²) < 4.78 is 9.99. The van der Waals surface area contributed by atoms with E-state index in [0.29, 0.717) is 0 Å². The molecule has 498 valence electrons. The van der Waals surface area contributed by atoms with Crippen molar-refractivity contribution in [1.29, 1.82) is 0 Å². The van der Waals surface area contributed by atoms with E-state index in [1.165, 1.54) is 115 Å². The third kappa shape index (κ3) is 9.04. The first-order chi connectivity index (χ1) is 51.4. The van der Waals surface area contributed by atoms with Gasteiger partial charge >= 0.3 is 0 Å². The van der Waals surface area contributed by atoms with Crippen molar-refractivity contribution in [2.24, 2.45) is 0 Å². The van der Waals surface area contributed by atoms with Gasteiger partial charge in [-0.1, -0.05) is 254 Å². The van der Waals surface area contributed by atoms with Crippen molar-refractivity contribution in [2.75, 3.05) is 9.80 Å². The lowest BCUT2D eigenvalue weighted by molar-refractivity contribution is 0.590. The normalized spacial score (nSPS) is 13.0. The van der Waals surface area contributed by atoms with E-state index in [1.54, 1.807) is 0 Å². The van der Waals surface area contributed by atoms with E-state index in [2.05, 4.69) is 403 Å². The van der Waals surface area contributed by atoms with Crippen molar-refractivity contribution in [2.45, 2.75) is 52.4 Å². The van der Waals surface area contributed by atoms with Gasteiger partial charge in [0.15, 0.2) is 0 Å². The molecule has 0 radical (unpaired) electrons. The number of aromatic nitrogens is 4. The highest BCUT2D eigenvalue weighted by Crippen LogP contribution is 2.53. The van der Waals surface area contributed by atoms with E-state index in [1.807, 2.05) is 0 Å². The second-order valence-corrected chi connectivity index (χ2v) is 30.8. The van der Waals surface area contributed by atoms with Crippen LogP contribution in [0.2, 0.25) is 0 Å². The summed E-state index contributed by atoms with van der Waals surface area (Å²) in [7, 11) is 0. The maximum absolute atomic E-state index is 2.66. The fraction of sp³-hybridized carbons (Fsp3) is 0.0816. The molecule has 6 heterocycles. The molecule has 6 nitrogen and oxygen atoms in total. The van der Waals surface area contributed by atoms with Crippen molar-refractivity contribution >= 4 is 144 Å². The molecule has 0 N–H and O–H groups in total. The molecule has 7 heteroatoms. The molecule has 0 saturated heterocycles. The average molecular weight is 1350 g/mol. The fourth-order valence-electron chi connectivity index (χ4n) is 18.1. The van der Waals surface area contributed by atoms with Gasteiger partial charge in [-0.05, 0) is 160 Å². The van der Waals surface area contributed by atoms with Gasteiger partial charge in [-0.3, -0.25) is 0 Å². The van der Waals surface area contributed by atoms with Gasteiger partial charge in [-0.25, -0.2) is 0 Å². The average Bonchev–Trinajstić information content (AvgIpc) is 1.50. The number of rotatable bonds is 8. The van der Waals surface area contributed by atoms with Crippen molar-refractivity contribution < 1.29 is 0 Å². The molecule has 15 aromatic carbocycles. The van der Waals surface area contributed by atoms with Gasteiger partial charge in [0.05, 0.1) is 66.9 Å². The van der Waals surface area contributed by atoms with Gasteiger partial charge in [0.1, 0.15) is 0 Å². The first kappa shape index (κ1) is 60.9. The van der Waals surface area contributed by atoms with E-state index in [-0.39, 0.29) is 17.5 Å². The van der Waals surface area contributed by atoms with Crippen LogP contribution in [-0.4, -0.2) is 25.0 Å². The summed E-state index contributed by atoms with van der Waals surface area (Å²) in [4.78, 5) is 5.31. The van der Waals surface area contributed by atoms with Crippen LogP contribution in [-0.2, 0) is 10.8 Å². The largest absolute Gasteiger partial charge is 0.311 e. The van der Waals surface area contributed by atoms with Gasteiger partial charge in [0.25, 0.3) is 6.71 Å². The summed E-state index contributed by atoms with van der Waals surface area (Å²) in [6.45, 7) is 13.9. The molecular formula is C98H73BN6. The Morgan fingerprint density at radius 1 is 0.210 bits per heavy atom. The van der Waals surface area contributed by atoms with Crippen LogP contribution in [0.15, 0.2) is 334 Å². The van der Waals surface area contributed by atoms with Crippen LogP contribution in [0, 0.1) is 0 Å². The molecule has 105 heavy (non-hydrogen) atoms. The van der Waals surface area contributed by atoms with Gasteiger partial charge in [0, 0.05) is 99.5 Å². The third-order valence-corrected chi connectivity index (χ3v) is 22.9. The molecule has 0 fully saturated rings. The fourth-order valence-corrected chi connectivity index (χ4v) is 18.1. The van der Waals surface area contributed by atoms with E-state index in [4.69, 9.17) is 0 Å². The minimum absolute atomic E-state index is 0.182. The first-order valence-corrected chi connectivity index (χ1v) is 36.9. The molecule has 0 spiro atoms. The Morgan fingerprint density at radius 3 is 0.800 bits per heavy atom. The highest BCUT2D eigenvalue weighted by molar-refractivity contribution is 7.00. The van der Waals surface area contributed by atoms with E-state index < -0.39 is 0 Å². The number of nitrogens with zero attached hydrogens (tertiary/aromatic N) is 6. The standard InChI is InChI=1S/C98H73BN6/c1-97(2,3)62-50-56-90(76(58-62)74-36-15-25-46-88(74)102-84-42-21-11-32-70(84)71-33-12-22-43-85(71)102)104-92-48-27-49-93-96(92)99(78-54-52-64(60-94(78)104)100-80-38-17-7-28-66(80)67-29-8-18-39-81(67)100)79-55-53-65(101-82-40-19-9-30-68(82)69-31-10-20-41-83(69)101)61-95(79)105(93)91-57-51-63(98(4,5)6)59-77(91)75-37-16-26-47-89(75)103-86-44-23-13-34-72(86)73-35-14-24-45-87(73)103/h7-61H,1-6H3. The highest BCUT2D eigenvalue weighted by atomic mass is 15.2. The Hall–Kier alpha value is -12.8. The smallest absolute Gasteiger partial charge is 0.252 e. The van der Waals surface area contributed by atoms with Crippen LogP contribution in [0.1, 0.15) is 52.7 Å². The lowest BCUT2D eigenvalue weighted by Gasteiger charge is -2.45. The lowest BCUT2D eigenvalue weighted by atomic mass is 9.33. The van der Waals surface area contributed by atoms with Crippen LogP contribution in [0.3, 0.4) is 0 Å². The summed E-state index contributed by atoms with van der Waals surface area (Å²) in [5.74, 6) is 0. The Bertz CT molecular complexity index is 6240. The molecule has 0 atom stereocenters. The zero-order chi connectivity index (χ0) is 70.1. The Labute approximate surface area is 610 Å². The molecule has 2 aliphatic rings. The molecule has 19 aromatic rings. The van der Waals surface area contributed by atoms with Gasteiger partial charge in [-0.15, -0.1) is 0 Å². The molecule has 0 amide bonds. The quantitative estimate of drug-likeness (QED) is 0.142. The zero-order valence-corrected chi connectivity index (χ0v) is 59.5. The Balaban J connectivity index is 0.879. The minimum Gasteiger partial charge on any atom is -0.311 e. The van der Waals surface area contributed by atoms with Crippen LogP contribution >= 0.6 is 0 Å². The molecule has 2 aliphatic heterocycles. The Kier molecular flexibility index (Phi) is 13.2. The lowest BCUT2D eigenvalue weighted by Crippen LogP contribution is -2.61. The van der Waals surface area contributed by atoms with Crippen molar-refractivity contribution in [3.05, 3.63) is 345 Å². The predicted octanol–water partition coefficient (Wildman–Crippen LogP) is 24.1. The maximum Gasteiger partial charge on any atom is 0.252 e. The second kappa shape index (κ2) is 22.8. The Morgan fingerprint density at radius 2 is 0.486 bits per heavy atom. The summed E-state index contributed by atoms with van der Waals surface area (Å²) in [6, 6.07) is 126. The molecular weight excluding hydrogens is 1270 g/mol. The maximum atomic E-state index is 2.66. The van der Waals surface area contributed by atoms with E-state index >= 15 is 0 Å². The molecule has 4 aromatic heterocycles. The van der Waals surface area contributed by atoms with Crippen molar-refractivity contribution in [3.8, 4) is 45.0 Å². The number of anilines is 6. The molecule has 21 rings (SSSR count). The monoisotopic (exact) mass is 1340 g/mol. The molecule has 0 saturated carbocycles. The molecule has 0 bridgehead atoms. The predicted molar refractivity (Wildman–Crippen MR) is 446 cm³/mol. The molecule has 0 unspecified atom stereocenters. The van der Waals surface area contributed by atoms with Crippen molar-refractivity contribution in [1.82, 2.24) is 18.3 Å². The highest BCUT2D eigenvalue weighted by Gasteiger charge is 2.45. The zero-order valence-electron chi connectivity index (χ0n) is 59.5. The van der Waals surface area contributed by atoms with Gasteiger partial charge in [-0.2, -0.15) is 0 Å². The molecule has 0 aliphatic carbocycles. The number of fused-ring (bicyclic) bond motifs is 16. The van der Waals surface area contributed by atoms with Crippen LogP contribution in [0.4, 0.5) is 34.1 Å². The van der Waals surface area contributed by atoms with Crippen LogP contribution < -0.4 is 26.2 Å². The summed E-state index contributed by atoms with van der Waals surface area (Å²) in [5, 5.41) is 9.84. The van der Waals surface area contributed by atoms with Crippen molar-refractivity contribution in [3.63, 3.8) is 0 Å². The third-order valence-electron chi connectivity index (χ3n) is 22.9. The summed E-state index contributed by atoms with van der Waals surface area (Å²) in [5.41, 5.74) is 31.0. The topological polar surface area (TPSA) is 26.2 Å². The minimum atomic E-state index is -0.211. The van der Waals surface area contributed by atoms with Crippen LogP contribution in [0.5, 0.6) is 0 Å². The number of benzene rings is 15. The second-order valence-electron chi connectivity index (χ2n) is 30.8. The number of hydrogen-bond acceptors (Lipinski definition) is 2. The number of para-hydroxylation sites is 10. The van der Waals surface area contributed by atoms with E-state index in [0.717, 1.165) is 79.1 Å².